The Morgan fingerprint density at radius 3 is 2.55 bits per heavy atom. The van der Waals surface area contributed by atoms with Gasteiger partial charge in [-0.2, -0.15) is 5.10 Å². The Kier molecular flexibility index (Phi) is 6.29. The highest BCUT2D eigenvalue weighted by molar-refractivity contribution is 9.10. The van der Waals surface area contributed by atoms with Crippen molar-refractivity contribution in [3.05, 3.63) is 51.7 Å². The molecular formula is C16H14BrF2N5O3S2. The maximum absolute atomic E-state index is 12.9. The van der Waals surface area contributed by atoms with Crippen LogP contribution < -0.4 is 10.0 Å². The number of hydrogen-bond donors (Lipinski definition) is 2. The third-order valence-electron chi connectivity index (χ3n) is 3.76. The normalized spacial score (nSPS) is 11.6. The van der Waals surface area contributed by atoms with E-state index < -0.39 is 28.0 Å². The number of alkyl halides is 2. The van der Waals surface area contributed by atoms with Crippen LogP contribution in [0, 0.1) is 6.92 Å². The van der Waals surface area contributed by atoms with Crippen molar-refractivity contribution in [2.75, 3.05) is 10.0 Å². The first-order chi connectivity index (χ1) is 13.7. The number of anilines is 2. The van der Waals surface area contributed by atoms with Crippen LogP contribution in [0.1, 0.15) is 17.8 Å². The van der Waals surface area contributed by atoms with Gasteiger partial charge in [0, 0.05) is 17.3 Å². The molecule has 3 rings (SSSR count). The van der Waals surface area contributed by atoms with Crippen LogP contribution in [-0.4, -0.2) is 29.1 Å². The number of rotatable bonds is 7. The maximum Gasteiger partial charge on any atom is 0.283 e. The van der Waals surface area contributed by atoms with E-state index in [0.29, 0.717) is 11.4 Å². The predicted molar refractivity (Wildman–Crippen MR) is 108 cm³/mol. The Morgan fingerprint density at radius 2 is 2.00 bits per heavy atom. The Hall–Kier alpha value is -2.38. The van der Waals surface area contributed by atoms with Gasteiger partial charge in [0.25, 0.3) is 16.4 Å². The average Bonchev–Trinajstić information content (AvgIpc) is 3.25. The molecule has 0 saturated carbocycles. The Balaban J connectivity index is 1.67. The maximum atomic E-state index is 12.9. The predicted octanol–water partition coefficient (Wildman–Crippen LogP) is 3.79. The lowest BCUT2D eigenvalue weighted by Gasteiger charge is -2.09. The molecule has 0 spiro atoms. The molecule has 0 fully saturated rings. The summed E-state index contributed by atoms with van der Waals surface area (Å²) in [6, 6.07) is 5.50. The van der Waals surface area contributed by atoms with Crippen molar-refractivity contribution in [2.45, 2.75) is 24.8 Å². The molecule has 29 heavy (non-hydrogen) atoms. The molecule has 2 N–H and O–H groups in total. The van der Waals surface area contributed by atoms with Crippen molar-refractivity contribution >= 4 is 54.0 Å². The molecule has 8 nitrogen and oxygen atoms in total. The molecule has 1 amide bonds. The molecular weight excluding hydrogens is 492 g/mol. The van der Waals surface area contributed by atoms with E-state index in [4.69, 9.17) is 0 Å². The van der Waals surface area contributed by atoms with Gasteiger partial charge < -0.3 is 5.32 Å². The number of hydrogen-bond acceptors (Lipinski definition) is 6. The molecule has 3 aromatic rings. The summed E-state index contributed by atoms with van der Waals surface area (Å²) in [7, 11) is -3.80. The highest BCUT2D eigenvalue weighted by atomic mass is 79.9. The molecule has 0 atom stereocenters. The summed E-state index contributed by atoms with van der Waals surface area (Å²) in [4.78, 5) is 16.1. The van der Waals surface area contributed by atoms with Crippen molar-refractivity contribution in [3.63, 3.8) is 0 Å². The summed E-state index contributed by atoms with van der Waals surface area (Å²) >= 11 is 4.19. The van der Waals surface area contributed by atoms with Gasteiger partial charge in [-0.1, -0.05) is 0 Å². The number of carbonyl (C=O) groups is 1. The third kappa shape index (κ3) is 4.97. The molecule has 154 valence electrons. The van der Waals surface area contributed by atoms with E-state index >= 15 is 0 Å². The van der Waals surface area contributed by atoms with Crippen molar-refractivity contribution in [1.82, 2.24) is 14.8 Å². The van der Waals surface area contributed by atoms with E-state index in [1.165, 1.54) is 30.5 Å². The number of nitrogens with one attached hydrogen (secondary N) is 2. The fourth-order valence-electron chi connectivity index (χ4n) is 2.34. The highest BCUT2D eigenvalue weighted by Gasteiger charge is 2.21. The number of nitrogens with zero attached hydrogens (tertiary/aromatic N) is 3. The van der Waals surface area contributed by atoms with Crippen molar-refractivity contribution < 1.29 is 22.0 Å². The second kappa shape index (κ2) is 8.55. The van der Waals surface area contributed by atoms with E-state index in [1.54, 1.807) is 12.3 Å². The molecule has 0 bridgehead atoms. The molecule has 0 unspecified atom stereocenters. The number of sulfonamides is 1. The molecule has 0 radical (unpaired) electrons. The van der Waals surface area contributed by atoms with Gasteiger partial charge in [0.2, 0.25) is 5.91 Å². The minimum Gasteiger partial charge on any atom is -0.324 e. The summed E-state index contributed by atoms with van der Waals surface area (Å²) in [6.07, 6.45) is -1.29. The third-order valence-corrected chi connectivity index (χ3v) is 6.91. The van der Waals surface area contributed by atoms with E-state index in [-0.39, 0.29) is 21.0 Å². The summed E-state index contributed by atoms with van der Waals surface area (Å²) in [5.74, 6) is -0.500. The summed E-state index contributed by atoms with van der Waals surface area (Å²) in [5.41, 5.74) is 0.309. The zero-order valence-electron chi connectivity index (χ0n) is 14.8. The molecule has 13 heteroatoms. The number of carbonyl (C=O) groups excluding carboxylic acids is 1. The van der Waals surface area contributed by atoms with Gasteiger partial charge in [0.05, 0.1) is 15.1 Å². The quantitative estimate of drug-likeness (QED) is 0.508. The van der Waals surface area contributed by atoms with Crippen molar-refractivity contribution in [1.29, 1.82) is 0 Å². The first kappa shape index (κ1) is 21.3. The van der Waals surface area contributed by atoms with E-state index in [1.807, 2.05) is 0 Å². The summed E-state index contributed by atoms with van der Waals surface area (Å²) in [5, 5.41) is 8.19. The van der Waals surface area contributed by atoms with Crippen LogP contribution in [0.25, 0.3) is 0 Å². The molecule has 0 aliphatic carbocycles. The molecule has 2 aromatic heterocycles. The van der Waals surface area contributed by atoms with Crippen LogP contribution in [0.4, 0.5) is 19.6 Å². The monoisotopic (exact) mass is 505 g/mol. The van der Waals surface area contributed by atoms with Crippen LogP contribution in [-0.2, 0) is 21.4 Å². The van der Waals surface area contributed by atoms with Crippen LogP contribution in [0.3, 0.4) is 0 Å². The number of halogens is 3. The number of thiazole rings is 1. The molecule has 0 saturated heterocycles. The van der Waals surface area contributed by atoms with Gasteiger partial charge in [-0.3, -0.25) is 14.2 Å². The first-order valence-electron chi connectivity index (χ1n) is 8.00. The van der Waals surface area contributed by atoms with Gasteiger partial charge in [-0.05, 0) is 47.1 Å². The lowest BCUT2D eigenvalue weighted by Crippen LogP contribution is -2.20. The first-order valence-corrected chi connectivity index (χ1v) is 11.2. The van der Waals surface area contributed by atoms with Gasteiger partial charge in [0.1, 0.15) is 12.2 Å². The van der Waals surface area contributed by atoms with Gasteiger partial charge >= 0.3 is 0 Å². The zero-order valence-corrected chi connectivity index (χ0v) is 18.0. The number of aromatic nitrogens is 3. The number of amides is 1. The van der Waals surface area contributed by atoms with Gasteiger partial charge in [-0.25, -0.2) is 22.2 Å². The minimum atomic E-state index is -3.80. The molecule has 0 aliphatic heterocycles. The van der Waals surface area contributed by atoms with Crippen LogP contribution in [0.15, 0.2) is 45.2 Å². The van der Waals surface area contributed by atoms with E-state index in [0.717, 1.165) is 16.0 Å². The lowest BCUT2D eigenvalue weighted by atomic mass is 10.3. The van der Waals surface area contributed by atoms with Gasteiger partial charge in [-0.15, -0.1) is 11.3 Å². The van der Waals surface area contributed by atoms with E-state index in [2.05, 4.69) is 36.1 Å². The lowest BCUT2D eigenvalue weighted by molar-refractivity contribution is -0.117. The SMILES string of the molecule is Cc1c(Br)c(C(F)F)nn1CC(=O)Nc1ccc(S(=O)(=O)Nc2nccs2)cc1. The Morgan fingerprint density at radius 1 is 1.31 bits per heavy atom. The largest absolute Gasteiger partial charge is 0.324 e. The second-order valence-electron chi connectivity index (χ2n) is 5.76. The smallest absolute Gasteiger partial charge is 0.283 e. The minimum absolute atomic E-state index is 0.000810. The zero-order chi connectivity index (χ0) is 21.2. The molecule has 2 heterocycles. The van der Waals surface area contributed by atoms with E-state index in [9.17, 15) is 22.0 Å². The summed E-state index contributed by atoms with van der Waals surface area (Å²) < 4.78 is 54.0. The fourth-order valence-corrected chi connectivity index (χ4v) is 4.59. The molecule has 1 aromatic carbocycles. The summed E-state index contributed by atoms with van der Waals surface area (Å²) in [6.45, 7) is 1.29. The fraction of sp³-hybridized carbons (Fsp3) is 0.188. The van der Waals surface area contributed by atoms with Crippen molar-refractivity contribution in [2.24, 2.45) is 0 Å². The second-order valence-corrected chi connectivity index (χ2v) is 9.13. The number of benzene rings is 1. The average molecular weight is 506 g/mol. The van der Waals surface area contributed by atoms with Gasteiger partial charge in [0.15, 0.2) is 5.13 Å². The highest BCUT2D eigenvalue weighted by Crippen LogP contribution is 2.29. The Bertz CT molecular complexity index is 1120. The molecule has 0 aliphatic rings. The standard InChI is InChI=1S/C16H14BrF2N5O3S2/c1-9-13(17)14(15(18)19)22-24(9)8-12(25)21-10-2-4-11(5-3-10)29(26,27)23-16-20-6-7-28-16/h2-7,15H,8H2,1H3,(H,20,23)(H,21,25). The Labute approximate surface area is 177 Å². The van der Waals surface area contributed by atoms with Crippen LogP contribution in [0.5, 0.6) is 0 Å². The van der Waals surface area contributed by atoms with Crippen LogP contribution >= 0.6 is 27.3 Å². The van der Waals surface area contributed by atoms with Crippen molar-refractivity contribution in [3.8, 4) is 0 Å². The van der Waals surface area contributed by atoms with Crippen LogP contribution in [0.2, 0.25) is 0 Å². The topological polar surface area (TPSA) is 106 Å².